The third-order valence-corrected chi connectivity index (χ3v) is 2.60. The Bertz CT molecular complexity index is 414. The van der Waals surface area contributed by atoms with Crippen molar-refractivity contribution >= 4 is 5.91 Å². The predicted molar refractivity (Wildman–Crippen MR) is 49.5 cm³/mol. The first kappa shape index (κ1) is 9.52. The number of hydrogen-bond acceptors (Lipinski definition) is 5. The Morgan fingerprint density at radius 2 is 2.47 bits per heavy atom. The van der Waals surface area contributed by atoms with E-state index in [4.69, 9.17) is 15.5 Å². The van der Waals surface area contributed by atoms with E-state index in [9.17, 15) is 4.79 Å². The van der Waals surface area contributed by atoms with Gasteiger partial charge in [0.05, 0.1) is 5.69 Å². The fourth-order valence-electron chi connectivity index (χ4n) is 1.67. The first-order valence-corrected chi connectivity index (χ1v) is 4.61. The first-order chi connectivity index (χ1) is 7.20. The van der Waals surface area contributed by atoms with Crippen molar-refractivity contribution in [3.8, 4) is 6.19 Å². The zero-order chi connectivity index (χ0) is 10.8. The number of nitriles is 1. The van der Waals surface area contributed by atoms with Gasteiger partial charge in [-0.1, -0.05) is 5.16 Å². The van der Waals surface area contributed by atoms with E-state index < -0.39 is 5.91 Å². The van der Waals surface area contributed by atoms with E-state index in [1.165, 1.54) is 0 Å². The maximum absolute atomic E-state index is 10.7. The van der Waals surface area contributed by atoms with Crippen molar-refractivity contribution in [2.75, 3.05) is 0 Å². The van der Waals surface area contributed by atoms with E-state index in [1.54, 1.807) is 6.07 Å². The molecule has 0 radical (unpaired) electrons. The second kappa shape index (κ2) is 3.61. The monoisotopic (exact) mass is 206 g/mol. The molecule has 15 heavy (non-hydrogen) atoms. The molecule has 6 nitrogen and oxygen atoms in total. The molecular weight excluding hydrogens is 196 g/mol. The summed E-state index contributed by atoms with van der Waals surface area (Å²) in [6.45, 7) is 0. The van der Waals surface area contributed by atoms with E-state index in [2.05, 4.69) is 10.5 Å². The summed E-state index contributed by atoms with van der Waals surface area (Å²) >= 11 is 0. The molecule has 2 rings (SSSR count). The minimum absolute atomic E-state index is 0.0849. The summed E-state index contributed by atoms with van der Waals surface area (Å²) < 4.78 is 4.77. The summed E-state index contributed by atoms with van der Waals surface area (Å²) in [5.74, 6) is -0.269. The Hall–Kier alpha value is -2.03. The standard InChI is InChI=1S/C9H10N4O2/c10-4-12-6-1-5(2-6)7-3-8(9(11)14)15-13-7/h3,5-6,12H,1-2H2,(H2,11,14). The number of carbonyl (C=O) groups excluding carboxylic acids is 1. The highest BCUT2D eigenvalue weighted by molar-refractivity contribution is 5.89. The van der Waals surface area contributed by atoms with E-state index >= 15 is 0 Å². The van der Waals surface area contributed by atoms with Gasteiger partial charge in [-0.25, -0.2) is 0 Å². The number of hydrogen-bond donors (Lipinski definition) is 2. The van der Waals surface area contributed by atoms with Gasteiger partial charge >= 0.3 is 0 Å². The lowest BCUT2D eigenvalue weighted by Crippen LogP contribution is -2.37. The SMILES string of the molecule is N#CNC1CC(c2cc(C(N)=O)on2)C1. The number of nitrogens with two attached hydrogens (primary N) is 1. The van der Waals surface area contributed by atoms with Crippen molar-refractivity contribution in [3.05, 3.63) is 17.5 Å². The number of amides is 1. The van der Waals surface area contributed by atoms with E-state index in [0.717, 1.165) is 18.5 Å². The van der Waals surface area contributed by atoms with Gasteiger partial charge in [0.15, 0.2) is 6.19 Å². The normalized spacial score (nSPS) is 23.9. The summed E-state index contributed by atoms with van der Waals surface area (Å²) in [5.41, 5.74) is 5.77. The van der Waals surface area contributed by atoms with Crippen LogP contribution < -0.4 is 11.1 Å². The molecule has 0 aliphatic heterocycles. The zero-order valence-electron chi connectivity index (χ0n) is 7.93. The highest BCUT2D eigenvalue weighted by atomic mass is 16.5. The van der Waals surface area contributed by atoms with E-state index in [1.807, 2.05) is 6.19 Å². The third-order valence-electron chi connectivity index (χ3n) is 2.60. The van der Waals surface area contributed by atoms with Crippen LogP contribution in [0.1, 0.15) is 35.0 Å². The third kappa shape index (κ3) is 1.76. The van der Waals surface area contributed by atoms with Crippen LogP contribution in [0.4, 0.5) is 0 Å². The number of primary amides is 1. The number of aromatic nitrogens is 1. The molecule has 1 amide bonds. The average molecular weight is 206 g/mol. The second-order valence-electron chi connectivity index (χ2n) is 3.60. The molecule has 0 atom stereocenters. The molecule has 1 aromatic rings. The van der Waals surface area contributed by atoms with Crippen LogP contribution >= 0.6 is 0 Å². The fourth-order valence-corrected chi connectivity index (χ4v) is 1.67. The summed E-state index contributed by atoms with van der Waals surface area (Å²) in [6, 6.07) is 1.78. The largest absolute Gasteiger partial charge is 0.363 e. The van der Waals surface area contributed by atoms with Gasteiger partial charge in [-0.2, -0.15) is 5.26 Å². The van der Waals surface area contributed by atoms with Crippen LogP contribution in [0.15, 0.2) is 10.6 Å². The van der Waals surface area contributed by atoms with Crippen molar-refractivity contribution in [1.29, 1.82) is 5.26 Å². The molecule has 3 N–H and O–H groups in total. The number of nitrogens with zero attached hydrogens (tertiary/aromatic N) is 2. The van der Waals surface area contributed by atoms with Gasteiger partial charge in [0, 0.05) is 18.0 Å². The molecule has 1 saturated carbocycles. The summed E-state index contributed by atoms with van der Waals surface area (Å²) in [7, 11) is 0. The zero-order valence-corrected chi connectivity index (χ0v) is 7.93. The Labute approximate surface area is 86.0 Å². The van der Waals surface area contributed by atoms with Crippen LogP contribution in [-0.2, 0) is 0 Å². The van der Waals surface area contributed by atoms with Crippen molar-refractivity contribution in [3.63, 3.8) is 0 Å². The quantitative estimate of drug-likeness (QED) is 0.538. The molecule has 0 unspecified atom stereocenters. The molecule has 6 heteroatoms. The van der Waals surface area contributed by atoms with E-state index in [-0.39, 0.29) is 17.7 Å². The molecule has 1 heterocycles. The lowest BCUT2D eigenvalue weighted by atomic mass is 9.78. The molecule has 0 aromatic carbocycles. The lowest BCUT2D eigenvalue weighted by Gasteiger charge is -2.32. The molecule has 1 aliphatic carbocycles. The smallest absolute Gasteiger partial charge is 0.287 e. The van der Waals surface area contributed by atoms with Crippen molar-refractivity contribution in [2.24, 2.45) is 5.73 Å². The molecule has 0 bridgehead atoms. The molecule has 0 saturated heterocycles. The van der Waals surface area contributed by atoms with Crippen LogP contribution in [0.2, 0.25) is 0 Å². The molecule has 1 aliphatic rings. The highest BCUT2D eigenvalue weighted by Crippen LogP contribution is 2.36. The van der Waals surface area contributed by atoms with Gasteiger partial charge in [0.25, 0.3) is 5.91 Å². The van der Waals surface area contributed by atoms with Crippen molar-refractivity contribution < 1.29 is 9.32 Å². The minimum Gasteiger partial charge on any atom is -0.363 e. The molecule has 1 aromatic heterocycles. The van der Waals surface area contributed by atoms with Crippen LogP contribution in [0.25, 0.3) is 0 Å². The maximum atomic E-state index is 10.7. The lowest BCUT2D eigenvalue weighted by molar-refractivity contribution is 0.0964. The maximum Gasteiger partial charge on any atom is 0.287 e. The van der Waals surface area contributed by atoms with Gasteiger partial charge in [-0.05, 0) is 12.8 Å². The van der Waals surface area contributed by atoms with Gasteiger partial charge in [0.2, 0.25) is 5.76 Å². The van der Waals surface area contributed by atoms with Crippen LogP contribution in [0, 0.1) is 11.5 Å². The highest BCUT2D eigenvalue weighted by Gasteiger charge is 2.32. The molecule has 0 spiro atoms. The second-order valence-corrected chi connectivity index (χ2v) is 3.60. The van der Waals surface area contributed by atoms with Gasteiger partial charge in [0.1, 0.15) is 0 Å². The Kier molecular flexibility index (Phi) is 2.29. The summed E-state index contributed by atoms with van der Waals surface area (Å²) in [4.78, 5) is 10.7. The topological polar surface area (TPSA) is 105 Å². The number of carbonyl (C=O) groups is 1. The molecular formula is C9H10N4O2. The van der Waals surface area contributed by atoms with Crippen LogP contribution in [-0.4, -0.2) is 17.1 Å². The average Bonchev–Trinajstić information content (AvgIpc) is 2.59. The molecule has 78 valence electrons. The van der Waals surface area contributed by atoms with Crippen molar-refractivity contribution in [1.82, 2.24) is 10.5 Å². The van der Waals surface area contributed by atoms with Gasteiger partial charge in [-0.3, -0.25) is 4.79 Å². The van der Waals surface area contributed by atoms with E-state index in [0.29, 0.717) is 0 Å². The summed E-state index contributed by atoms with van der Waals surface area (Å²) in [6.07, 6.45) is 3.56. The Balaban J connectivity index is 1.96. The molecule has 1 fully saturated rings. The summed E-state index contributed by atoms with van der Waals surface area (Å²) in [5, 5.41) is 14.8. The van der Waals surface area contributed by atoms with Crippen LogP contribution in [0.3, 0.4) is 0 Å². The number of rotatable bonds is 3. The fraction of sp³-hybridized carbons (Fsp3) is 0.444. The number of nitrogens with one attached hydrogen (secondary N) is 1. The van der Waals surface area contributed by atoms with Crippen LogP contribution in [0.5, 0.6) is 0 Å². The first-order valence-electron chi connectivity index (χ1n) is 4.61. The Morgan fingerprint density at radius 1 is 1.73 bits per heavy atom. The van der Waals surface area contributed by atoms with Gasteiger partial charge in [-0.15, -0.1) is 0 Å². The van der Waals surface area contributed by atoms with Gasteiger partial charge < -0.3 is 15.6 Å². The Morgan fingerprint density at radius 3 is 3.00 bits per heavy atom. The van der Waals surface area contributed by atoms with Crippen molar-refractivity contribution in [2.45, 2.75) is 24.8 Å². The minimum atomic E-state index is -0.611. The predicted octanol–water partition coefficient (Wildman–Crippen LogP) is 0.0902.